The second kappa shape index (κ2) is 9.82. The summed E-state index contributed by atoms with van der Waals surface area (Å²) < 4.78 is 50.9. The maximum Gasteiger partial charge on any atom is 0.221 e. The largest absolute Gasteiger partial charge is 0.489 e. The van der Waals surface area contributed by atoms with Crippen LogP contribution in [0.15, 0.2) is 36.4 Å². The average Bonchev–Trinajstić information content (AvgIpc) is 3.10. The van der Waals surface area contributed by atoms with Crippen LogP contribution in [0.25, 0.3) is 0 Å². The molecule has 1 heterocycles. The van der Waals surface area contributed by atoms with Crippen LogP contribution in [-0.4, -0.2) is 54.4 Å². The molecule has 0 radical (unpaired) electrons. The van der Waals surface area contributed by atoms with Crippen molar-refractivity contribution in [1.29, 1.82) is 0 Å². The Kier molecular flexibility index (Phi) is 7.17. The van der Waals surface area contributed by atoms with E-state index in [9.17, 15) is 23.1 Å². The Morgan fingerprint density at radius 1 is 1.23 bits per heavy atom. The zero-order valence-corrected chi connectivity index (χ0v) is 16.4. The minimum Gasteiger partial charge on any atom is -0.489 e. The number of ether oxygens (including phenoxy) is 2. The summed E-state index contributed by atoms with van der Waals surface area (Å²) in [6.07, 6.45) is -0.356. The second-order valence-corrected chi connectivity index (χ2v) is 7.15. The number of anilines is 1. The lowest BCUT2D eigenvalue weighted by Gasteiger charge is -2.21. The van der Waals surface area contributed by atoms with Gasteiger partial charge in [-0.2, -0.15) is 0 Å². The number of rotatable bonds is 8. The van der Waals surface area contributed by atoms with Crippen molar-refractivity contribution in [1.82, 2.24) is 4.90 Å². The van der Waals surface area contributed by atoms with Gasteiger partial charge in [0, 0.05) is 38.7 Å². The lowest BCUT2D eigenvalue weighted by Crippen LogP contribution is -2.35. The van der Waals surface area contributed by atoms with Gasteiger partial charge >= 0.3 is 0 Å². The predicted octanol–water partition coefficient (Wildman–Crippen LogP) is 2.96. The van der Waals surface area contributed by atoms with Crippen LogP contribution in [-0.2, 0) is 4.79 Å². The average molecular weight is 424 g/mol. The maximum atomic E-state index is 13.4. The zero-order chi connectivity index (χ0) is 21.7. The summed E-state index contributed by atoms with van der Waals surface area (Å²) in [5.74, 6) is -2.26. The fourth-order valence-corrected chi connectivity index (χ4v) is 3.25. The van der Waals surface area contributed by atoms with Crippen molar-refractivity contribution in [3.05, 3.63) is 53.8 Å². The van der Waals surface area contributed by atoms with E-state index in [-0.39, 0.29) is 35.8 Å². The molecule has 1 saturated heterocycles. The van der Waals surface area contributed by atoms with Crippen LogP contribution < -0.4 is 14.8 Å². The number of aliphatic hydroxyl groups excluding tert-OH is 1. The highest BCUT2D eigenvalue weighted by Crippen LogP contribution is 2.26. The number of carbonyl (C=O) groups excluding carboxylic acids is 1. The van der Waals surface area contributed by atoms with Gasteiger partial charge in [-0.1, -0.05) is 0 Å². The molecule has 2 unspecified atom stereocenters. The number of benzene rings is 2. The van der Waals surface area contributed by atoms with E-state index in [1.165, 1.54) is 25.1 Å². The number of carbonyl (C=O) groups is 1. The van der Waals surface area contributed by atoms with E-state index < -0.39 is 23.6 Å². The van der Waals surface area contributed by atoms with Crippen LogP contribution in [0, 0.1) is 17.5 Å². The molecule has 0 aliphatic carbocycles. The maximum absolute atomic E-state index is 13.4. The molecule has 0 spiro atoms. The SMILES string of the molecule is CC(=O)Nc1cc(F)ccc1OCC(O)CN1CCC(Oc2ccc(F)c(F)c2)C1. The fraction of sp³-hybridized carbons (Fsp3) is 0.381. The number of amides is 1. The first kappa shape index (κ1) is 21.9. The molecule has 2 aromatic rings. The molecule has 0 aromatic heterocycles. The first-order chi connectivity index (χ1) is 14.3. The Balaban J connectivity index is 1.47. The van der Waals surface area contributed by atoms with Crippen molar-refractivity contribution in [2.75, 3.05) is 31.6 Å². The van der Waals surface area contributed by atoms with Gasteiger partial charge in [-0.3, -0.25) is 9.69 Å². The van der Waals surface area contributed by atoms with Crippen LogP contribution in [0.2, 0.25) is 0 Å². The topological polar surface area (TPSA) is 71.0 Å². The number of nitrogens with one attached hydrogen (secondary N) is 1. The Bertz CT molecular complexity index is 897. The van der Waals surface area contributed by atoms with Crippen molar-refractivity contribution in [3.8, 4) is 11.5 Å². The number of aliphatic hydroxyl groups is 1. The first-order valence-electron chi connectivity index (χ1n) is 9.52. The number of nitrogens with zero attached hydrogens (tertiary/aromatic N) is 1. The Labute approximate surface area is 172 Å². The summed E-state index contributed by atoms with van der Waals surface area (Å²) in [7, 11) is 0. The molecular weight excluding hydrogens is 401 g/mol. The molecule has 1 aliphatic rings. The van der Waals surface area contributed by atoms with Gasteiger partial charge in [0.25, 0.3) is 0 Å². The third-order valence-corrected chi connectivity index (χ3v) is 4.58. The molecule has 3 rings (SSSR count). The first-order valence-corrected chi connectivity index (χ1v) is 9.52. The third-order valence-electron chi connectivity index (χ3n) is 4.58. The molecule has 9 heteroatoms. The summed E-state index contributed by atoms with van der Waals surface area (Å²) in [5.41, 5.74) is 0.191. The molecule has 0 saturated carbocycles. The summed E-state index contributed by atoms with van der Waals surface area (Å²) >= 11 is 0. The van der Waals surface area contributed by atoms with Crippen molar-refractivity contribution < 1.29 is 32.5 Å². The van der Waals surface area contributed by atoms with Crippen LogP contribution in [0.5, 0.6) is 11.5 Å². The molecule has 2 atom stereocenters. The van der Waals surface area contributed by atoms with E-state index >= 15 is 0 Å². The highest BCUT2D eigenvalue weighted by molar-refractivity contribution is 5.90. The monoisotopic (exact) mass is 424 g/mol. The quantitative estimate of drug-likeness (QED) is 0.682. The summed E-state index contributed by atoms with van der Waals surface area (Å²) in [6, 6.07) is 7.13. The molecule has 162 valence electrons. The molecule has 2 N–H and O–H groups in total. The minimum absolute atomic E-state index is 0.0522. The van der Waals surface area contributed by atoms with E-state index in [1.54, 1.807) is 0 Å². The Morgan fingerprint density at radius 2 is 2.03 bits per heavy atom. The second-order valence-electron chi connectivity index (χ2n) is 7.15. The smallest absolute Gasteiger partial charge is 0.221 e. The van der Waals surface area contributed by atoms with Crippen molar-refractivity contribution in [2.45, 2.75) is 25.6 Å². The Hall–Kier alpha value is -2.78. The van der Waals surface area contributed by atoms with E-state index in [0.717, 1.165) is 18.2 Å². The molecule has 0 bridgehead atoms. The van der Waals surface area contributed by atoms with Gasteiger partial charge in [0.05, 0.1) is 5.69 Å². The normalized spacial score (nSPS) is 17.6. The van der Waals surface area contributed by atoms with Gasteiger partial charge in [-0.05, 0) is 30.7 Å². The molecular formula is C21H23F3N2O4. The number of β-amino-alcohol motifs (C(OH)–C–C–N with tert-alkyl or cyclic N) is 1. The molecule has 6 nitrogen and oxygen atoms in total. The lowest BCUT2D eigenvalue weighted by atomic mass is 10.2. The van der Waals surface area contributed by atoms with Crippen molar-refractivity contribution >= 4 is 11.6 Å². The number of hydrogen-bond donors (Lipinski definition) is 2. The van der Waals surface area contributed by atoms with Gasteiger partial charge in [0.1, 0.15) is 36.1 Å². The third kappa shape index (κ3) is 6.11. The van der Waals surface area contributed by atoms with Gasteiger partial charge in [-0.15, -0.1) is 0 Å². The van der Waals surface area contributed by atoms with Crippen LogP contribution in [0.1, 0.15) is 13.3 Å². The Morgan fingerprint density at radius 3 is 2.77 bits per heavy atom. The highest BCUT2D eigenvalue weighted by atomic mass is 19.2. The molecule has 30 heavy (non-hydrogen) atoms. The van der Waals surface area contributed by atoms with Gasteiger partial charge in [-0.25, -0.2) is 13.2 Å². The van der Waals surface area contributed by atoms with Crippen LogP contribution in [0.3, 0.4) is 0 Å². The van der Waals surface area contributed by atoms with Crippen LogP contribution in [0.4, 0.5) is 18.9 Å². The number of halogens is 3. The van der Waals surface area contributed by atoms with Gasteiger partial charge in [0.2, 0.25) is 5.91 Å². The molecule has 2 aromatic carbocycles. The number of likely N-dealkylation sites (tertiary alicyclic amines) is 1. The summed E-state index contributed by atoms with van der Waals surface area (Å²) in [5, 5.41) is 12.8. The van der Waals surface area contributed by atoms with E-state index in [1.807, 2.05) is 4.90 Å². The zero-order valence-electron chi connectivity index (χ0n) is 16.4. The van der Waals surface area contributed by atoms with E-state index in [2.05, 4.69) is 5.32 Å². The lowest BCUT2D eigenvalue weighted by molar-refractivity contribution is -0.114. The minimum atomic E-state index is -0.964. The van der Waals surface area contributed by atoms with Crippen LogP contribution >= 0.6 is 0 Å². The van der Waals surface area contributed by atoms with E-state index in [0.29, 0.717) is 26.1 Å². The fourth-order valence-electron chi connectivity index (χ4n) is 3.25. The predicted molar refractivity (Wildman–Crippen MR) is 104 cm³/mol. The molecule has 1 amide bonds. The van der Waals surface area contributed by atoms with Crippen molar-refractivity contribution in [2.24, 2.45) is 0 Å². The summed E-state index contributed by atoms with van der Waals surface area (Å²) in [4.78, 5) is 13.2. The molecule has 1 aliphatic heterocycles. The highest BCUT2D eigenvalue weighted by Gasteiger charge is 2.26. The van der Waals surface area contributed by atoms with Gasteiger partial charge < -0.3 is 19.9 Å². The molecule has 1 fully saturated rings. The summed E-state index contributed by atoms with van der Waals surface area (Å²) in [6.45, 7) is 2.75. The van der Waals surface area contributed by atoms with Crippen molar-refractivity contribution in [3.63, 3.8) is 0 Å². The number of hydrogen-bond acceptors (Lipinski definition) is 5. The standard InChI is InChI=1S/C21H23F3N2O4/c1-13(27)25-20-8-14(22)2-5-21(20)29-12-15(28)10-26-7-6-17(11-26)30-16-3-4-18(23)19(24)9-16/h2-5,8-9,15,17,28H,6-7,10-12H2,1H3,(H,25,27). The van der Waals surface area contributed by atoms with E-state index in [4.69, 9.17) is 9.47 Å². The van der Waals surface area contributed by atoms with Gasteiger partial charge in [0.15, 0.2) is 11.6 Å².